The highest BCUT2D eigenvalue weighted by Crippen LogP contribution is 2.17. The molecule has 0 atom stereocenters. The van der Waals surface area contributed by atoms with Crippen LogP contribution in [0.3, 0.4) is 0 Å². The predicted molar refractivity (Wildman–Crippen MR) is 99.6 cm³/mol. The second-order valence-corrected chi connectivity index (χ2v) is 5.78. The molecular formula is C20H21N3O4. The number of benzene rings is 1. The van der Waals surface area contributed by atoms with Crippen LogP contribution in [0.15, 0.2) is 59.2 Å². The van der Waals surface area contributed by atoms with Crippen LogP contribution in [0.5, 0.6) is 11.6 Å². The standard InChI is InChI=1S/C20H21N3O4/c1-25-16-7-4-15(5-8-16)6-10-19(24)21-12-14-27-20-11-9-17(22-23-20)18-3-2-13-26-18/h2-5,7-9,11,13H,6,10,12,14H2,1H3,(H,21,24). The zero-order chi connectivity index (χ0) is 18.9. The lowest BCUT2D eigenvalue weighted by Crippen LogP contribution is -2.28. The third-order valence-corrected chi connectivity index (χ3v) is 3.89. The van der Waals surface area contributed by atoms with Crippen LogP contribution in [0.4, 0.5) is 0 Å². The molecule has 27 heavy (non-hydrogen) atoms. The Hall–Kier alpha value is -3.35. The Kier molecular flexibility index (Phi) is 6.40. The van der Waals surface area contributed by atoms with Crippen molar-refractivity contribution in [3.63, 3.8) is 0 Å². The zero-order valence-corrected chi connectivity index (χ0v) is 15.1. The zero-order valence-electron chi connectivity index (χ0n) is 15.1. The Balaban J connectivity index is 1.34. The van der Waals surface area contributed by atoms with Gasteiger partial charge in [0, 0.05) is 12.5 Å². The lowest BCUT2D eigenvalue weighted by molar-refractivity contribution is -0.121. The third-order valence-electron chi connectivity index (χ3n) is 3.89. The van der Waals surface area contributed by atoms with E-state index < -0.39 is 0 Å². The highest BCUT2D eigenvalue weighted by atomic mass is 16.5. The first-order valence-electron chi connectivity index (χ1n) is 8.64. The van der Waals surface area contributed by atoms with E-state index in [9.17, 15) is 4.79 Å². The molecule has 7 heteroatoms. The highest BCUT2D eigenvalue weighted by molar-refractivity contribution is 5.76. The summed E-state index contributed by atoms with van der Waals surface area (Å²) in [5.74, 6) is 1.84. The molecule has 0 spiro atoms. The van der Waals surface area contributed by atoms with Gasteiger partial charge in [-0.15, -0.1) is 10.2 Å². The van der Waals surface area contributed by atoms with Gasteiger partial charge in [-0.05, 0) is 42.3 Å². The van der Waals surface area contributed by atoms with Crippen LogP contribution in [0.2, 0.25) is 0 Å². The van der Waals surface area contributed by atoms with Gasteiger partial charge in [0.25, 0.3) is 0 Å². The van der Waals surface area contributed by atoms with Crippen LogP contribution in [0, 0.1) is 0 Å². The first-order chi connectivity index (χ1) is 13.2. The minimum Gasteiger partial charge on any atom is -0.497 e. The molecule has 0 unspecified atom stereocenters. The first-order valence-corrected chi connectivity index (χ1v) is 8.64. The number of rotatable bonds is 9. The molecule has 1 aromatic carbocycles. The number of nitrogens with one attached hydrogen (secondary N) is 1. The summed E-state index contributed by atoms with van der Waals surface area (Å²) in [6.45, 7) is 0.728. The number of carbonyl (C=O) groups excluding carboxylic acids is 1. The molecule has 0 aliphatic heterocycles. The SMILES string of the molecule is COc1ccc(CCC(=O)NCCOc2ccc(-c3ccco3)nn2)cc1. The minimum atomic E-state index is -0.0198. The molecule has 7 nitrogen and oxygen atoms in total. The largest absolute Gasteiger partial charge is 0.497 e. The van der Waals surface area contributed by atoms with E-state index in [1.807, 2.05) is 30.3 Å². The van der Waals surface area contributed by atoms with E-state index in [4.69, 9.17) is 13.9 Å². The van der Waals surface area contributed by atoms with Crippen LogP contribution in [-0.4, -0.2) is 36.4 Å². The molecular weight excluding hydrogens is 346 g/mol. The normalized spacial score (nSPS) is 10.4. The molecule has 0 aliphatic carbocycles. The maximum absolute atomic E-state index is 11.9. The van der Waals surface area contributed by atoms with E-state index in [1.54, 1.807) is 31.6 Å². The monoisotopic (exact) mass is 367 g/mol. The smallest absolute Gasteiger partial charge is 0.233 e. The van der Waals surface area contributed by atoms with Crippen molar-refractivity contribution in [2.75, 3.05) is 20.3 Å². The van der Waals surface area contributed by atoms with Gasteiger partial charge in [-0.1, -0.05) is 12.1 Å². The van der Waals surface area contributed by atoms with Crippen molar-refractivity contribution in [2.24, 2.45) is 0 Å². The van der Waals surface area contributed by atoms with E-state index >= 15 is 0 Å². The van der Waals surface area contributed by atoms with Crippen LogP contribution in [-0.2, 0) is 11.2 Å². The van der Waals surface area contributed by atoms with E-state index in [2.05, 4.69) is 15.5 Å². The second-order valence-electron chi connectivity index (χ2n) is 5.78. The summed E-state index contributed by atoms with van der Waals surface area (Å²) in [4.78, 5) is 11.9. The van der Waals surface area contributed by atoms with Gasteiger partial charge in [0.15, 0.2) is 5.76 Å². The Bertz CT molecular complexity index is 831. The summed E-state index contributed by atoms with van der Waals surface area (Å²) in [7, 11) is 1.63. The quantitative estimate of drug-likeness (QED) is 0.585. The Morgan fingerprint density at radius 2 is 1.96 bits per heavy atom. The third kappa shape index (κ3) is 5.57. The van der Waals surface area contributed by atoms with Gasteiger partial charge in [-0.3, -0.25) is 4.79 Å². The molecule has 0 fully saturated rings. The molecule has 2 aromatic heterocycles. The Morgan fingerprint density at radius 1 is 1.11 bits per heavy atom. The number of furan rings is 1. The number of ether oxygens (including phenoxy) is 2. The van der Waals surface area contributed by atoms with Gasteiger partial charge in [-0.2, -0.15) is 0 Å². The molecule has 3 rings (SSSR count). The molecule has 0 aliphatic rings. The summed E-state index contributed by atoms with van der Waals surface area (Å²) < 4.78 is 15.9. The van der Waals surface area contributed by atoms with Crippen LogP contribution in [0.1, 0.15) is 12.0 Å². The fourth-order valence-electron chi connectivity index (χ4n) is 2.44. The maximum Gasteiger partial charge on any atom is 0.233 e. The molecule has 0 saturated heterocycles. The number of carbonyl (C=O) groups is 1. The second kappa shape index (κ2) is 9.38. The van der Waals surface area contributed by atoms with Gasteiger partial charge >= 0.3 is 0 Å². The van der Waals surface area contributed by atoms with Gasteiger partial charge in [-0.25, -0.2) is 0 Å². The van der Waals surface area contributed by atoms with Crippen molar-refractivity contribution in [1.82, 2.24) is 15.5 Å². The van der Waals surface area contributed by atoms with Crippen molar-refractivity contribution >= 4 is 5.91 Å². The number of hydrogen-bond donors (Lipinski definition) is 1. The Labute approximate surface area is 157 Å². The molecule has 1 N–H and O–H groups in total. The number of aromatic nitrogens is 2. The predicted octanol–water partition coefficient (Wildman–Crippen LogP) is 2.87. The molecule has 140 valence electrons. The van der Waals surface area contributed by atoms with Gasteiger partial charge in [0.2, 0.25) is 11.8 Å². The van der Waals surface area contributed by atoms with Crippen LogP contribution < -0.4 is 14.8 Å². The van der Waals surface area contributed by atoms with Crippen molar-refractivity contribution in [3.8, 4) is 23.1 Å². The topological polar surface area (TPSA) is 86.5 Å². The number of nitrogens with zero attached hydrogens (tertiary/aromatic N) is 2. The molecule has 2 heterocycles. The van der Waals surface area contributed by atoms with Gasteiger partial charge in [0.05, 0.1) is 19.9 Å². The maximum atomic E-state index is 11.9. The summed E-state index contributed by atoms with van der Waals surface area (Å²) in [6, 6.07) is 14.8. The van der Waals surface area contributed by atoms with E-state index in [0.29, 0.717) is 43.3 Å². The summed E-state index contributed by atoms with van der Waals surface area (Å²) in [5, 5.41) is 10.9. The molecule has 1 amide bonds. The minimum absolute atomic E-state index is 0.0198. The number of amides is 1. The number of methoxy groups -OCH3 is 1. The van der Waals surface area contributed by atoms with Gasteiger partial charge < -0.3 is 19.2 Å². The van der Waals surface area contributed by atoms with Crippen molar-refractivity contribution in [2.45, 2.75) is 12.8 Å². The van der Waals surface area contributed by atoms with Crippen molar-refractivity contribution in [1.29, 1.82) is 0 Å². The molecule has 3 aromatic rings. The number of aryl methyl sites for hydroxylation is 1. The van der Waals surface area contributed by atoms with Crippen molar-refractivity contribution < 1.29 is 18.7 Å². The average Bonchev–Trinajstić information content (AvgIpc) is 3.25. The van der Waals surface area contributed by atoms with Gasteiger partial charge in [0.1, 0.15) is 18.1 Å². The highest BCUT2D eigenvalue weighted by Gasteiger charge is 2.05. The molecule has 0 saturated carbocycles. The number of hydrogen-bond acceptors (Lipinski definition) is 6. The molecule has 0 radical (unpaired) electrons. The van der Waals surface area contributed by atoms with E-state index in [1.165, 1.54) is 0 Å². The summed E-state index contributed by atoms with van der Waals surface area (Å²) >= 11 is 0. The van der Waals surface area contributed by atoms with Crippen LogP contribution in [0.25, 0.3) is 11.5 Å². The van der Waals surface area contributed by atoms with E-state index in [-0.39, 0.29) is 5.91 Å². The van der Waals surface area contributed by atoms with Crippen molar-refractivity contribution in [3.05, 3.63) is 60.4 Å². The lowest BCUT2D eigenvalue weighted by atomic mass is 10.1. The Morgan fingerprint density at radius 3 is 2.63 bits per heavy atom. The molecule has 0 bridgehead atoms. The van der Waals surface area contributed by atoms with E-state index in [0.717, 1.165) is 11.3 Å². The fourth-order valence-corrected chi connectivity index (χ4v) is 2.44. The summed E-state index contributed by atoms with van der Waals surface area (Å²) in [6.07, 6.45) is 2.68. The average molecular weight is 367 g/mol. The fraction of sp³-hybridized carbons (Fsp3) is 0.250. The summed E-state index contributed by atoms with van der Waals surface area (Å²) in [5.41, 5.74) is 1.73. The van der Waals surface area contributed by atoms with Crippen LogP contribution >= 0.6 is 0 Å². The lowest BCUT2D eigenvalue weighted by Gasteiger charge is -2.07. The first kappa shape index (κ1) is 18.4.